The molecule has 0 aliphatic rings. The van der Waals surface area contributed by atoms with Gasteiger partial charge in [0.25, 0.3) is 5.91 Å². The molecule has 1 heterocycles. The number of benzene rings is 1. The molecular weight excluding hydrogens is 370 g/mol. The number of esters is 1. The third-order valence-electron chi connectivity index (χ3n) is 3.84. The summed E-state index contributed by atoms with van der Waals surface area (Å²) in [5, 5.41) is 7.37. The van der Waals surface area contributed by atoms with Crippen LogP contribution in [0.15, 0.2) is 35.1 Å². The Morgan fingerprint density at radius 2 is 1.96 bits per heavy atom. The van der Waals surface area contributed by atoms with Gasteiger partial charge in [-0.1, -0.05) is 24.9 Å². The van der Waals surface area contributed by atoms with Crippen molar-refractivity contribution < 1.29 is 14.3 Å². The number of ether oxygens (including phenoxy) is 1. The van der Waals surface area contributed by atoms with Crippen LogP contribution in [0.3, 0.4) is 0 Å². The Hall–Kier alpha value is -2.67. The molecule has 0 radical (unpaired) electrons. The van der Waals surface area contributed by atoms with Crippen LogP contribution in [-0.4, -0.2) is 34.3 Å². The fraction of sp³-hybridized carbons (Fsp3) is 0.368. The molecule has 0 fully saturated rings. The van der Waals surface area contributed by atoms with Gasteiger partial charge in [-0.2, -0.15) is 5.10 Å². The predicted octanol–water partition coefficient (Wildman–Crippen LogP) is 2.66. The lowest BCUT2D eigenvalue weighted by atomic mass is 10.2. The van der Waals surface area contributed by atoms with E-state index in [1.54, 1.807) is 31.2 Å². The first kappa shape index (κ1) is 20.6. The maximum atomic E-state index is 12.2. The number of carbonyl (C=O) groups excluding carboxylic acids is 2. The van der Waals surface area contributed by atoms with Crippen LogP contribution in [0.5, 0.6) is 0 Å². The molecule has 0 unspecified atom stereocenters. The molecule has 1 aromatic heterocycles. The second-order valence-electron chi connectivity index (χ2n) is 6.22. The summed E-state index contributed by atoms with van der Waals surface area (Å²) in [6, 6.07) is 8.06. The molecule has 144 valence electrons. The van der Waals surface area contributed by atoms with E-state index < -0.39 is 23.9 Å². The Labute approximate surface area is 162 Å². The van der Waals surface area contributed by atoms with Gasteiger partial charge in [-0.3, -0.25) is 9.59 Å². The molecule has 2 rings (SSSR count). The van der Waals surface area contributed by atoms with Crippen molar-refractivity contribution >= 4 is 23.5 Å². The molecule has 0 bridgehead atoms. The largest absolute Gasteiger partial charge is 0.451 e. The fourth-order valence-electron chi connectivity index (χ4n) is 2.55. The van der Waals surface area contributed by atoms with Crippen LogP contribution in [0.4, 0.5) is 0 Å². The molecule has 27 heavy (non-hydrogen) atoms. The summed E-state index contributed by atoms with van der Waals surface area (Å²) in [4.78, 5) is 36.2. The molecule has 0 aliphatic carbocycles. The highest BCUT2D eigenvalue weighted by Crippen LogP contribution is 2.14. The normalized spacial score (nSPS) is 11.7. The lowest BCUT2D eigenvalue weighted by Crippen LogP contribution is -2.36. The van der Waals surface area contributed by atoms with Gasteiger partial charge in [-0.15, -0.1) is 0 Å². The summed E-state index contributed by atoms with van der Waals surface area (Å²) in [5.74, 6) is -1.37. The third kappa shape index (κ3) is 5.65. The predicted molar refractivity (Wildman–Crippen MR) is 102 cm³/mol. The van der Waals surface area contributed by atoms with E-state index in [9.17, 15) is 14.4 Å². The molecule has 0 saturated heterocycles. The van der Waals surface area contributed by atoms with E-state index in [2.05, 4.69) is 10.4 Å². The molecule has 1 aromatic carbocycles. The topological polar surface area (TPSA) is 90.3 Å². The third-order valence-corrected chi connectivity index (χ3v) is 4.09. The van der Waals surface area contributed by atoms with Crippen molar-refractivity contribution in [2.24, 2.45) is 0 Å². The van der Waals surface area contributed by atoms with Crippen molar-refractivity contribution in [3.8, 4) is 5.69 Å². The maximum Gasteiger partial charge on any atom is 0.363 e. The number of nitrogens with zero attached hydrogens (tertiary/aromatic N) is 2. The second-order valence-corrected chi connectivity index (χ2v) is 6.66. The zero-order valence-corrected chi connectivity index (χ0v) is 16.2. The van der Waals surface area contributed by atoms with Crippen LogP contribution in [0, 0.1) is 6.92 Å². The number of hydrogen-bond acceptors (Lipinski definition) is 5. The number of aryl methyl sites for hydroxylation is 1. The first-order valence-electron chi connectivity index (χ1n) is 8.65. The summed E-state index contributed by atoms with van der Waals surface area (Å²) < 4.78 is 6.39. The standard InChI is InChI=1S/C19H22ClN3O4/c1-4-5-12(2)21-17(25)11-27-19(26)18-16(24)10-13(3)23(22-18)15-8-6-14(20)7-9-15/h6-10,12H,4-5,11H2,1-3H3,(H,21,25)/t12-/m1/s1. The van der Waals surface area contributed by atoms with Crippen molar-refractivity contribution in [3.05, 3.63) is 57.0 Å². The van der Waals surface area contributed by atoms with E-state index >= 15 is 0 Å². The van der Waals surface area contributed by atoms with Gasteiger partial charge in [0.15, 0.2) is 6.61 Å². The second kappa shape index (κ2) is 9.32. The van der Waals surface area contributed by atoms with Gasteiger partial charge < -0.3 is 10.1 Å². The minimum Gasteiger partial charge on any atom is -0.451 e. The summed E-state index contributed by atoms with van der Waals surface area (Å²) in [6.45, 7) is 5.11. The highest BCUT2D eigenvalue weighted by molar-refractivity contribution is 6.30. The molecule has 1 atom stereocenters. The molecular formula is C19H22ClN3O4. The summed E-state index contributed by atoms with van der Waals surface area (Å²) >= 11 is 5.88. The lowest BCUT2D eigenvalue weighted by Gasteiger charge is -2.13. The first-order chi connectivity index (χ1) is 12.8. The number of hydrogen-bond donors (Lipinski definition) is 1. The number of rotatable bonds is 7. The molecule has 8 heteroatoms. The van der Waals surface area contributed by atoms with Gasteiger partial charge in [0.05, 0.1) is 5.69 Å². The van der Waals surface area contributed by atoms with Crippen LogP contribution in [0.1, 0.15) is 42.9 Å². The summed E-state index contributed by atoms with van der Waals surface area (Å²) in [7, 11) is 0. The van der Waals surface area contributed by atoms with Crippen molar-refractivity contribution in [3.63, 3.8) is 0 Å². The number of nitrogens with one attached hydrogen (secondary N) is 1. The van der Waals surface area contributed by atoms with Crippen molar-refractivity contribution in [1.82, 2.24) is 15.1 Å². The van der Waals surface area contributed by atoms with E-state index in [1.165, 1.54) is 10.7 Å². The fourth-order valence-corrected chi connectivity index (χ4v) is 2.68. The molecule has 1 amide bonds. The maximum absolute atomic E-state index is 12.2. The van der Waals surface area contributed by atoms with Crippen LogP contribution in [0.25, 0.3) is 5.69 Å². The molecule has 0 aliphatic heterocycles. The van der Waals surface area contributed by atoms with Crippen LogP contribution < -0.4 is 10.7 Å². The Morgan fingerprint density at radius 1 is 1.30 bits per heavy atom. The Bertz CT molecular complexity index is 878. The highest BCUT2D eigenvalue weighted by Gasteiger charge is 2.18. The lowest BCUT2D eigenvalue weighted by molar-refractivity contribution is -0.124. The molecule has 0 spiro atoms. The smallest absolute Gasteiger partial charge is 0.363 e. The van der Waals surface area contributed by atoms with Gasteiger partial charge in [-0.25, -0.2) is 9.48 Å². The van der Waals surface area contributed by atoms with E-state index in [1.807, 2.05) is 13.8 Å². The number of aromatic nitrogens is 2. The van der Waals surface area contributed by atoms with Gasteiger partial charge in [0.1, 0.15) is 0 Å². The first-order valence-corrected chi connectivity index (χ1v) is 9.03. The molecule has 0 saturated carbocycles. The Balaban J connectivity index is 2.14. The molecule has 2 aromatic rings. The zero-order chi connectivity index (χ0) is 20.0. The van der Waals surface area contributed by atoms with Crippen LogP contribution in [0.2, 0.25) is 5.02 Å². The number of carbonyl (C=O) groups is 2. The zero-order valence-electron chi connectivity index (χ0n) is 15.5. The van der Waals surface area contributed by atoms with Crippen molar-refractivity contribution in [2.45, 2.75) is 39.7 Å². The summed E-state index contributed by atoms with van der Waals surface area (Å²) in [5.41, 5.74) is 0.231. The molecule has 7 nitrogen and oxygen atoms in total. The van der Waals surface area contributed by atoms with Crippen molar-refractivity contribution in [2.75, 3.05) is 6.61 Å². The average molecular weight is 392 g/mol. The van der Waals surface area contributed by atoms with E-state index in [0.717, 1.165) is 12.8 Å². The van der Waals surface area contributed by atoms with Gasteiger partial charge >= 0.3 is 5.97 Å². The monoisotopic (exact) mass is 391 g/mol. The van der Waals surface area contributed by atoms with Gasteiger partial charge in [-0.05, 0) is 44.5 Å². The van der Waals surface area contributed by atoms with E-state index in [4.69, 9.17) is 16.3 Å². The highest BCUT2D eigenvalue weighted by atomic mass is 35.5. The summed E-state index contributed by atoms with van der Waals surface area (Å²) in [6.07, 6.45) is 1.75. The van der Waals surface area contributed by atoms with E-state index in [-0.39, 0.29) is 11.7 Å². The molecule has 1 N–H and O–H groups in total. The van der Waals surface area contributed by atoms with Gasteiger partial charge in [0.2, 0.25) is 11.1 Å². The van der Waals surface area contributed by atoms with Gasteiger partial charge in [0, 0.05) is 22.8 Å². The minimum atomic E-state index is -0.944. The number of amides is 1. The SMILES string of the molecule is CCC[C@@H](C)NC(=O)COC(=O)c1nn(-c2ccc(Cl)cc2)c(C)cc1=O. The Kier molecular flexibility index (Phi) is 7.12. The number of halogens is 1. The quantitative estimate of drug-likeness (QED) is 0.733. The minimum absolute atomic E-state index is 0.0131. The van der Waals surface area contributed by atoms with E-state index in [0.29, 0.717) is 16.4 Å². The van der Waals surface area contributed by atoms with Crippen LogP contribution in [-0.2, 0) is 9.53 Å². The average Bonchev–Trinajstić information content (AvgIpc) is 2.61. The van der Waals surface area contributed by atoms with Crippen molar-refractivity contribution in [1.29, 1.82) is 0 Å². The Morgan fingerprint density at radius 3 is 2.59 bits per heavy atom. The van der Waals surface area contributed by atoms with Crippen LogP contribution >= 0.6 is 11.6 Å².